The normalized spacial score (nSPS) is 15.4. The number of hydrogen-bond acceptors (Lipinski definition) is 3. The summed E-state index contributed by atoms with van der Waals surface area (Å²) in [7, 11) is 0. The Bertz CT molecular complexity index is 382. The SMILES string of the molecule is CC(C)CN(c1csc(C(=O)O)c1)C1CC1. The van der Waals surface area contributed by atoms with Crippen molar-refractivity contribution in [3.63, 3.8) is 0 Å². The zero-order valence-electron chi connectivity index (χ0n) is 9.64. The highest BCUT2D eigenvalue weighted by atomic mass is 32.1. The molecule has 1 aliphatic rings. The molecule has 0 bridgehead atoms. The highest BCUT2D eigenvalue weighted by Gasteiger charge is 2.30. The van der Waals surface area contributed by atoms with Gasteiger partial charge in [0.15, 0.2) is 0 Å². The third kappa shape index (κ3) is 2.55. The smallest absolute Gasteiger partial charge is 0.345 e. The lowest BCUT2D eigenvalue weighted by Gasteiger charge is -2.25. The van der Waals surface area contributed by atoms with E-state index in [2.05, 4.69) is 18.7 Å². The standard InChI is InChI=1S/C12H17NO2S/c1-8(2)6-13(9-3-4-9)10-5-11(12(14)15)16-7-10/h5,7-9H,3-4,6H2,1-2H3,(H,14,15). The van der Waals surface area contributed by atoms with Crippen LogP contribution in [0.4, 0.5) is 5.69 Å². The number of hydrogen-bond donors (Lipinski definition) is 1. The molecule has 0 aromatic carbocycles. The van der Waals surface area contributed by atoms with E-state index in [-0.39, 0.29) is 0 Å². The molecule has 1 N–H and O–H groups in total. The average molecular weight is 239 g/mol. The molecule has 0 aliphatic heterocycles. The van der Waals surface area contributed by atoms with Crippen LogP contribution in [0.3, 0.4) is 0 Å². The number of carboxylic acids is 1. The zero-order valence-corrected chi connectivity index (χ0v) is 10.5. The van der Waals surface area contributed by atoms with Crippen molar-refractivity contribution in [2.75, 3.05) is 11.4 Å². The minimum Gasteiger partial charge on any atom is -0.477 e. The van der Waals surface area contributed by atoms with Crippen LogP contribution in [0, 0.1) is 5.92 Å². The van der Waals surface area contributed by atoms with Crippen LogP contribution in [0.1, 0.15) is 36.4 Å². The third-order valence-corrected chi connectivity index (χ3v) is 3.58. The van der Waals surface area contributed by atoms with Gasteiger partial charge in [0.05, 0.1) is 0 Å². The summed E-state index contributed by atoms with van der Waals surface area (Å²) < 4.78 is 0. The van der Waals surface area contributed by atoms with Gasteiger partial charge in [-0.3, -0.25) is 0 Å². The number of aromatic carboxylic acids is 1. The number of rotatable bonds is 5. The molecule has 1 aliphatic carbocycles. The van der Waals surface area contributed by atoms with E-state index >= 15 is 0 Å². The molecule has 4 heteroatoms. The number of anilines is 1. The van der Waals surface area contributed by atoms with Crippen molar-refractivity contribution < 1.29 is 9.90 Å². The fourth-order valence-corrected chi connectivity index (χ4v) is 2.57. The summed E-state index contributed by atoms with van der Waals surface area (Å²) in [6.45, 7) is 5.40. The number of carbonyl (C=O) groups is 1. The first-order valence-corrected chi connectivity index (χ1v) is 6.54. The third-order valence-electron chi connectivity index (χ3n) is 2.68. The summed E-state index contributed by atoms with van der Waals surface area (Å²) in [4.78, 5) is 13.6. The fraction of sp³-hybridized carbons (Fsp3) is 0.583. The molecule has 0 spiro atoms. The number of thiophene rings is 1. The molecule has 1 aromatic rings. The maximum absolute atomic E-state index is 10.8. The van der Waals surface area contributed by atoms with Crippen molar-refractivity contribution in [2.24, 2.45) is 5.92 Å². The molecule has 0 atom stereocenters. The summed E-state index contributed by atoms with van der Waals surface area (Å²) >= 11 is 1.32. The van der Waals surface area contributed by atoms with Crippen LogP contribution in [0.15, 0.2) is 11.4 Å². The van der Waals surface area contributed by atoms with Crippen molar-refractivity contribution in [1.29, 1.82) is 0 Å². The van der Waals surface area contributed by atoms with Crippen molar-refractivity contribution in [1.82, 2.24) is 0 Å². The van der Waals surface area contributed by atoms with Gasteiger partial charge in [-0.2, -0.15) is 0 Å². The van der Waals surface area contributed by atoms with E-state index in [9.17, 15) is 4.79 Å². The van der Waals surface area contributed by atoms with Crippen LogP contribution in [-0.4, -0.2) is 23.7 Å². The van der Waals surface area contributed by atoms with Crippen molar-refractivity contribution in [3.05, 3.63) is 16.3 Å². The van der Waals surface area contributed by atoms with E-state index in [1.165, 1.54) is 24.2 Å². The zero-order chi connectivity index (χ0) is 11.7. The first kappa shape index (κ1) is 11.5. The van der Waals surface area contributed by atoms with E-state index in [0.717, 1.165) is 12.2 Å². The predicted molar refractivity (Wildman–Crippen MR) is 66.5 cm³/mol. The highest BCUT2D eigenvalue weighted by molar-refractivity contribution is 7.12. The molecule has 0 unspecified atom stereocenters. The average Bonchev–Trinajstić information content (AvgIpc) is 2.91. The Balaban J connectivity index is 2.14. The summed E-state index contributed by atoms with van der Waals surface area (Å²) in [6, 6.07) is 2.44. The molecular weight excluding hydrogens is 222 g/mol. The van der Waals surface area contributed by atoms with Crippen molar-refractivity contribution in [3.8, 4) is 0 Å². The lowest BCUT2D eigenvalue weighted by atomic mass is 10.2. The van der Waals surface area contributed by atoms with Crippen LogP contribution < -0.4 is 4.90 Å². The molecule has 1 heterocycles. The molecule has 88 valence electrons. The van der Waals surface area contributed by atoms with Gasteiger partial charge in [0, 0.05) is 23.7 Å². The molecule has 2 rings (SSSR count). The van der Waals surface area contributed by atoms with Gasteiger partial charge in [0.1, 0.15) is 4.88 Å². The Hall–Kier alpha value is -1.03. The molecule has 1 aromatic heterocycles. The fourth-order valence-electron chi connectivity index (χ4n) is 1.83. The van der Waals surface area contributed by atoms with Crippen LogP contribution in [0.2, 0.25) is 0 Å². The van der Waals surface area contributed by atoms with Crippen molar-refractivity contribution in [2.45, 2.75) is 32.7 Å². The molecular formula is C12H17NO2S. The summed E-state index contributed by atoms with van der Waals surface area (Å²) in [6.07, 6.45) is 2.48. The first-order valence-electron chi connectivity index (χ1n) is 5.66. The Morgan fingerprint density at radius 3 is 2.75 bits per heavy atom. The molecule has 0 saturated heterocycles. The Morgan fingerprint density at radius 1 is 1.62 bits per heavy atom. The number of carboxylic acid groups (broad SMARTS) is 1. The molecule has 16 heavy (non-hydrogen) atoms. The predicted octanol–water partition coefficient (Wildman–Crippen LogP) is 3.07. The van der Waals surface area contributed by atoms with Crippen LogP contribution in [0.25, 0.3) is 0 Å². The van der Waals surface area contributed by atoms with Gasteiger partial charge in [-0.05, 0) is 24.8 Å². The van der Waals surface area contributed by atoms with E-state index in [1.54, 1.807) is 6.07 Å². The molecule has 1 fully saturated rings. The van der Waals surface area contributed by atoms with Gasteiger partial charge in [-0.25, -0.2) is 4.79 Å². The van der Waals surface area contributed by atoms with Gasteiger partial charge < -0.3 is 10.0 Å². The minimum absolute atomic E-state index is 0.435. The Labute approximate surface area is 99.7 Å². The monoisotopic (exact) mass is 239 g/mol. The first-order chi connectivity index (χ1) is 7.58. The largest absolute Gasteiger partial charge is 0.477 e. The quantitative estimate of drug-likeness (QED) is 0.858. The van der Waals surface area contributed by atoms with Gasteiger partial charge >= 0.3 is 5.97 Å². The van der Waals surface area contributed by atoms with Crippen LogP contribution in [-0.2, 0) is 0 Å². The summed E-state index contributed by atoms with van der Waals surface area (Å²) in [5.41, 5.74) is 1.08. The Kier molecular flexibility index (Phi) is 3.19. The maximum Gasteiger partial charge on any atom is 0.345 e. The van der Waals surface area contributed by atoms with E-state index in [4.69, 9.17) is 5.11 Å². The molecule has 0 radical (unpaired) electrons. The Morgan fingerprint density at radius 2 is 2.31 bits per heavy atom. The van der Waals surface area contributed by atoms with Crippen LogP contribution in [0.5, 0.6) is 0 Å². The van der Waals surface area contributed by atoms with E-state index in [1.807, 2.05) is 5.38 Å². The second kappa shape index (κ2) is 4.45. The second-order valence-electron chi connectivity index (χ2n) is 4.75. The van der Waals surface area contributed by atoms with Gasteiger partial charge in [0.25, 0.3) is 0 Å². The van der Waals surface area contributed by atoms with Crippen molar-refractivity contribution >= 4 is 23.0 Å². The lowest BCUT2D eigenvalue weighted by molar-refractivity contribution is 0.0702. The molecule has 1 saturated carbocycles. The summed E-state index contributed by atoms with van der Waals surface area (Å²) in [5, 5.41) is 10.9. The molecule has 3 nitrogen and oxygen atoms in total. The summed E-state index contributed by atoms with van der Waals surface area (Å²) in [5.74, 6) is -0.217. The second-order valence-corrected chi connectivity index (χ2v) is 5.66. The van der Waals surface area contributed by atoms with E-state index in [0.29, 0.717) is 16.8 Å². The van der Waals surface area contributed by atoms with Crippen LogP contribution >= 0.6 is 11.3 Å². The molecule has 0 amide bonds. The highest BCUT2D eigenvalue weighted by Crippen LogP contribution is 2.34. The minimum atomic E-state index is -0.823. The number of nitrogens with zero attached hydrogens (tertiary/aromatic N) is 1. The van der Waals surface area contributed by atoms with E-state index < -0.39 is 5.97 Å². The van der Waals surface area contributed by atoms with Gasteiger partial charge in [-0.1, -0.05) is 13.8 Å². The topological polar surface area (TPSA) is 40.5 Å². The van der Waals surface area contributed by atoms with Gasteiger partial charge in [-0.15, -0.1) is 11.3 Å². The maximum atomic E-state index is 10.8. The lowest BCUT2D eigenvalue weighted by Crippen LogP contribution is -2.29. The van der Waals surface area contributed by atoms with Gasteiger partial charge in [0.2, 0.25) is 0 Å².